The van der Waals surface area contributed by atoms with Crippen molar-refractivity contribution in [1.29, 1.82) is 0 Å². The number of rotatable bonds is 5. The first-order chi connectivity index (χ1) is 7.94. The molecule has 3 nitrogen and oxygen atoms in total. The van der Waals surface area contributed by atoms with E-state index in [0.29, 0.717) is 17.7 Å². The van der Waals surface area contributed by atoms with Crippen LogP contribution in [0.2, 0.25) is 0 Å². The Hall–Kier alpha value is -1.22. The minimum absolute atomic E-state index is 0.234. The number of hydrogen-bond donors (Lipinski definition) is 2. The van der Waals surface area contributed by atoms with Crippen molar-refractivity contribution < 1.29 is 9.84 Å². The third-order valence-corrected chi connectivity index (χ3v) is 2.67. The first kappa shape index (κ1) is 13.8. The van der Waals surface area contributed by atoms with Crippen LogP contribution in [0.25, 0.3) is 0 Å². The van der Waals surface area contributed by atoms with Crippen molar-refractivity contribution in [2.75, 3.05) is 13.7 Å². The van der Waals surface area contributed by atoms with Crippen molar-refractivity contribution >= 4 is 0 Å². The molecule has 96 valence electrons. The molecule has 1 aromatic carbocycles. The van der Waals surface area contributed by atoms with Crippen LogP contribution < -0.4 is 10.1 Å². The topological polar surface area (TPSA) is 41.5 Å². The van der Waals surface area contributed by atoms with Crippen LogP contribution in [-0.2, 0) is 6.54 Å². The second-order valence-electron chi connectivity index (χ2n) is 5.46. The first-order valence-corrected chi connectivity index (χ1v) is 5.99. The second kappa shape index (κ2) is 5.92. The van der Waals surface area contributed by atoms with E-state index in [1.165, 1.54) is 0 Å². The fraction of sp³-hybridized carbons (Fsp3) is 0.571. The Balaban J connectivity index is 2.47. The van der Waals surface area contributed by atoms with Crippen LogP contribution in [-0.4, -0.2) is 18.8 Å². The molecular formula is C14H23NO2. The van der Waals surface area contributed by atoms with Gasteiger partial charge in [0, 0.05) is 12.1 Å². The Labute approximate surface area is 104 Å². The number of phenolic OH excluding ortho intramolecular Hbond substituents is 1. The van der Waals surface area contributed by atoms with Crippen molar-refractivity contribution in [2.24, 2.45) is 5.41 Å². The fourth-order valence-electron chi connectivity index (χ4n) is 1.56. The molecule has 17 heavy (non-hydrogen) atoms. The highest BCUT2D eigenvalue weighted by Crippen LogP contribution is 2.29. The number of nitrogens with one attached hydrogen (secondary N) is 1. The Morgan fingerprint density at radius 3 is 2.59 bits per heavy atom. The molecule has 0 spiro atoms. The highest BCUT2D eigenvalue weighted by Gasteiger charge is 2.10. The standard InChI is InChI=1S/C14H23NO2/c1-14(2,3)8-9-15-10-11-6-5-7-12(17-4)13(11)16/h5-7,15-16H,8-10H2,1-4H3. The lowest BCUT2D eigenvalue weighted by atomic mass is 9.92. The molecule has 0 aliphatic heterocycles. The molecule has 0 unspecified atom stereocenters. The summed E-state index contributed by atoms with van der Waals surface area (Å²) in [6.45, 7) is 8.27. The molecule has 2 N–H and O–H groups in total. The maximum Gasteiger partial charge on any atom is 0.162 e. The summed E-state index contributed by atoms with van der Waals surface area (Å²) < 4.78 is 5.07. The Morgan fingerprint density at radius 2 is 2.00 bits per heavy atom. The van der Waals surface area contributed by atoms with E-state index in [1.807, 2.05) is 12.1 Å². The van der Waals surface area contributed by atoms with Gasteiger partial charge in [0.05, 0.1) is 7.11 Å². The molecule has 0 aliphatic rings. The van der Waals surface area contributed by atoms with Gasteiger partial charge in [0.15, 0.2) is 11.5 Å². The lowest BCUT2D eigenvalue weighted by Gasteiger charge is -2.18. The van der Waals surface area contributed by atoms with Gasteiger partial charge in [-0.05, 0) is 24.4 Å². The number of para-hydroxylation sites is 1. The van der Waals surface area contributed by atoms with E-state index < -0.39 is 0 Å². The van der Waals surface area contributed by atoms with Crippen LogP contribution >= 0.6 is 0 Å². The summed E-state index contributed by atoms with van der Waals surface area (Å²) >= 11 is 0. The Morgan fingerprint density at radius 1 is 1.29 bits per heavy atom. The average Bonchev–Trinajstić information content (AvgIpc) is 2.25. The molecule has 1 rings (SSSR count). The van der Waals surface area contributed by atoms with Crippen LogP contribution in [0.4, 0.5) is 0 Å². The minimum Gasteiger partial charge on any atom is -0.504 e. The number of methoxy groups -OCH3 is 1. The van der Waals surface area contributed by atoms with Gasteiger partial charge in [0.1, 0.15) is 0 Å². The van der Waals surface area contributed by atoms with Crippen LogP contribution in [0.1, 0.15) is 32.8 Å². The molecule has 0 saturated carbocycles. The molecule has 0 aliphatic carbocycles. The second-order valence-corrected chi connectivity index (χ2v) is 5.46. The quantitative estimate of drug-likeness (QED) is 0.774. The summed E-state index contributed by atoms with van der Waals surface area (Å²) in [5.41, 5.74) is 1.21. The zero-order valence-corrected chi connectivity index (χ0v) is 11.2. The summed E-state index contributed by atoms with van der Waals surface area (Å²) in [5.74, 6) is 0.762. The number of ether oxygens (including phenoxy) is 1. The molecule has 0 aromatic heterocycles. The van der Waals surface area contributed by atoms with E-state index in [0.717, 1.165) is 18.5 Å². The van der Waals surface area contributed by atoms with Crippen molar-refractivity contribution in [2.45, 2.75) is 33.7 Å². The van der Waals surface area contributed by atoms with E-state index in [2.05, 4.69) is 26.1 Å². The van der Waals surface area contributed by atoms with E-state index in [-0.39, 0.29) is 5.75 Å². The summed E-state index contributed by atoms with van der Waals surface area (Å²) in [6, 6.07) is 5.55. The summed E-state index contributed by atoms with van der Waals surface area (Å²) in [6.07, 6.45) is 1.11. The number of aromatic hydroxyl groups is 1. The van der Waals surface area contributed by atoms with Gasteiger partial charge >= 0.3 is 0 Å². The first-order valence-electron chi connectivity index (χ1n) is 5.99. The van der Waals surface area contributed by atoms with E-state index in [4.69, 9.17) is 4.74 Å². The number of hydrogen-bond acceptors (Lipinski definition) is 3. The van der Waals surface area contributed by atoms with Crippen molar-refractivity contribution in [3.63, 3.8) is 0 Å². The normalized spacial score (nSPS) is 11.5. The molecular weight excluding hydrogens is 214 g/mol. The third-order valence-electron chi connectivity index (χ3n) is 2.67. The Kier molecular flexibility index (Phi) is 4.82. The van der Waals surface area contributed by atoms with Gasteiger partial charge in [-0.3, -0.25) is 0 Å². The van der Waals surface area contributed by atoms with Gasteiger partial charge in [-0.2, -0.15) is 0 Å². The molecule has 0 atom stereocenters. The highest BCUT2D eigenvalue weighted by molar-refractivity contribution is 5.45. The molecule has 0 heterocycles. The largest absolute Gasteiger partial charge is 0.504 e. The molecule has 0 fully saturated rings. The van der Waals surface area contributed by atoms with Gasteiger partial charge in [-0.15, -0.1) is 0 Å². The SMILES string of the molecule is COc1cccc(CNCCC(C)(C)C)c1O. The molecule has 0 amide bonds. The number of benzene rings is 1. The Bertz CT molecular complexity index is 356. The summed E-state index contributed by atoms with van der Waals surface area (Å²) in [5, 5.41) is 13.2. The van der Waals surface area contributed by atoms with Gasteiger partial charge in [0.25, 0.3) is 0 Å². The van der Waals surface area contributed by atoms with Crippen LogP contribution in [0.3, 0.4) is 0 Å². The third kappa shape index (κ3) is 4.65. The summed E-state index contributed by atoms with van der Waals surface area (Å²) in [4.78, 5) is 0. The van der Waals surface area contributed by atoms with Crippen LogP contribution in [0, 0.1) is 5.41 Å². The zero-order valence-electron chi connectivity index (χ0n) is 11.2. The van der Waals surface area contributed by atoms with E-state index >= 15 is 0 Å². The monoisotopic (exact) mass is 237 g/mol. The predicted molar refractivity (Wildman–Crippen MR) is 70.4 cm³/mol. The van der Waals surface area contributed by atoms with Gasteiger partial charge < -0.3 is 15.2 Å². The van der Waals surface area contributed by atoms with E-state index in [9.17, 15) is 5.11 Å². The van der Waals surface area contributed by atoms with E-state index in [1.54, 1.807) is 13.2 Å². The highest BCUT2D eigenvalue weighted by atomic mass is 16.5. The van der Waals surface area contributed by atoms with Crippen molar-refractivity contribution in [3.8, 4) is 11.5 Å². The average molecular weight is 237 g/mol. The lowest BCUT2D eigenvalue weighted by molar-refractivity contribution is 0.360. The maximum atomic E-state index is 9.88. The van der Waals surface area contributed by atoms with Gasteiger partial charge in [-0.25, -0.2) is 0 Å². The summed E-state index contributed by atoms with van der Waals surface area (Å²) in [7, 11) is 1.56. The number of phenols is 1. The predicted octanol–water partition coefficient (Wildman–Crippen LogP) is 2.93. The van der Waals surface area contributed by atoms with Gasteiger partial charge in [-0.1, -0.05) is 32.9 Å². The smallest absolute Gasteiger partial charge is 0.162 e. The van der Waals surface area contributed by atoms with Crippen molar-refractivity contribution in [3.05, 3.63) is 23.8 Å². The zero-order chi connectivity index (χ0) is 12.9. The molecule has 0 radical (unpaired) electrons. The maximum absolute atomic E-state index is 9.88. The van der Waals surface area contributed by atoms with Crippen LogP contribution in [0.15, 0.2) is 18.2 Å². The van der Waals surface area contributed by atoms with Crippen molar-refractivity contribution in [1.82, 2.24) is 5.32 Å². The molecule has 1 aromatic rings. The molecule has 0 saturated heterocycles. The minimum atomic E-state index is 0.234. The molecule has 0 bridgehead atoms. The fourth-order valence-corrected chi connectivity index (χ4v) is 1.56. The molecule has 3 heteroatoms. The van der Waals surface area contributed by atoms with Crippen LogP contribution in [0.5, 0.6) is 11.5 Å². The van der Waals surface area contributed by atoms with Gasteiger partial charge in [0.2, 0.25) is 0 Å². The lowest BCUT2D eigenvalue weighted by Crippen LogP contribution is -2.20.